The number of hydrogen-bond acceptors (Lipinski definition) is 3. The molecule has 0 fully saturated rings. The van der Waals surface area contributed by atoms with E-state index in [0.717, 1.165) is 37.6 Å². The molecule has 0 saturated carbocycles. The summed E-state index contributed by atoms with van der Waals surface area (Å²) in [4.78, 5) is 0. The number of benzene rings is 1. The van der Waals surface area contributed by atoms with Gasteiger partial charge in [-0.2, -0.15) is 0 Å². The molecule has 1 N–H and O–H groups in total. The summed E-state index contributed by atoms with van der Waals surface area (Å²) >= 11 is 0. The minimum Gasteiger partial charge on any atom is -0.312 e. The zero-order valence-electron chi connectivity index (χ0n) is 12.2. The summed E-state index contributed by atoms with van der Waals surface area (Å²) in [5.74, 6) is 2.77. The van der Waals surface area contributed by atoms with Crippen molar-refractivity contribution < 1.29 is 0 Å². The quantitative estimate of drug-likeness (QED) is 0.927. The molecular weight excluding hydrogens is 248 g/mol. The molecule has 1 unspecified atom stereocenters. The van der Waals surface area contributed by atoms with Crippen LogP contribution in [0.25, 0.3) is 0 Å². The van der Waals surface area contributed by atoms with E-state index in [-0.39, 0.29) is 0 Å². The molecular formula is C16H22N4. The van der Waals surface area contributed by atoms with Crippen molar-refractivity contribution in [2.45, 2.75) is 39.3 Å². The number of nitrogens with zero attached hydrogens (tertiary/aromatic N) is 3. The van der Waals surface area contributed by atoms with Gasteiger partial charge in [0.2, 0.25) is 0 Å². The fourth-order valence-electron chi connectivity index (χ4n) is 2.87. The molecule has 0 spiro atoms. The third kappa shape index (κ3) is 2.61. The van der Waals surface area contributed by atoms with E-state index >= 15 is 0 Å². The minimum atomic E-state index is 0.335. The van der Waals surface area contributed by atoms with Crippen LogP contribution in [0.3, 0.4) is 0 Å². The molecule has 20 heavy (non-hydrogen) atoms. The summed E-state index contributed by atoms with van der Waals surface area (Å²) in [7, 11) is 0. The number of nitrogens with one attached hydrogen (secondary N) is 1. The highest BCUT2D eigenvalue weighted by Crippen LogP contribution is 2.23. The van der Waals surface area contributed by atoms with Crippen molar-refractivity contribution in [2.75, 3.05) is 6.54 Å². The predicted octanol–water partition coefficient (Wildman–Crippen LogP) is 2.36. The van der Waals surface area contributed by atoms with Crippen LogP contribution in [-0.2, 0) is 19.4 Å². The van der Waals surface area contributed by atoms with Gasteiger partial charge >= 0.3 is 0 Å². The molecule has 1 aliphatic heterocycles. The first-order valence-electron chi connectivity index (χ1n) is 7.45. The van der Waals surface area contributed by atoms with Gasteiger partial charge in [-0.3, -0.25) is 0 Å². The SMILES string of the molecule is CC(C)C1NCCn2c(CCc3ccccc3)nnc21. The highest BCUT2D eigenvalue weighted by atomic mass is 15.3. The number of fused-ring (bicyclic) bond motifs is 1. The zero-order chi connectivity index (χ0) is 13.9. The van der Waals surface area contributed by atoms with Gasteiger partial charge in [0.05, 0.1) is 6.04 Å². The number of aromatic nitrogens is 3. The molecule has 0 saturated heterocycles. The Bertz CT molecular complexity index is 559. The molecule has 4 nitrogen and oxygen atoms in total. The van der Waals surface area contributed by atoms with Crippen molar-refractivity contribution in [1.82, 2.24) is 20.1 Å². The molecule has 0 radical (unpaired) electrons. The van der Waals surface area contributed by atoms with Crippen molar-refractivity contribution in [3.8, 4) is 0 Å². The second-order valence-electron chi connectivity index (χ2n) is 5.79. The van der Waals surface area contributed by atoms with Gasteiger partial charge < -0.3 is 9.88 Å². The van der Waals surface area contributed by atoms with Crippen LogP contribution in [0.5, 0.6) is 0 Å². The van der Waals surface area contributed by atoms with E-state index in [1.54, 1.807) is 0 Å². The van der Waals surface area contributed by atoms with Crippen LogP contribution in [0.4, 0.5) is 0 Å². The van der Waals surface area contributed by atoms with E-state index in [2.05, 4.69) is 64.3 Å². The summed E-state index contributed by atoms with van der Waals surface area (Å²) in [5.41, 5.74) is 1.36. The average molecular weight is 270 g/mol. The zero-order valence-corrected chi connectivity index (χ0v) is 12.2. The average Bonchev–Trinajstić information content (AvgIpc) is 2.89. The van der Waals surface area contributed by atoms with Gasteiger partial charge in [-0.25, -0.2) is 0 Å². The van der Waals surface area contributed by atoms with E-state index in [1.807, 2.05) is 0 Å². The van der Waals surface area contributed by atoms with Crippen molar-refractivity contribution in [1.29, 1.82) is 0 Å². The molecule has 4 heteroatoms. The molecule has 1 aromatic heterocycles. The van der Waals surface area contributed by atoms with E-state index in [9.17, 15) is 0 Å². The molecule has 0 aliphatic carbocycles. The van der Waals surface area contributed by atoms with Crippen LogP contribution < -0.4 is 5.32 Å². The molecule has 0 amide bonds. The van der Waals surface area contributed by atoms with Gasteiger partial charge in [-0.05, 0) is 17.9 Å². The third-order valence-corrected chi connectivity index (χ3v) is 3.98. The summed E-state index contributed by atoms with van der Waals surface area (Å²) < 4.78 is 2.31. The van der Waals surface area contributed by atoms with E-state index in [0.29, 0.717) is 12.0 Å². The van der Waals surface area contributed by atoms with Crippen molar-refractivity contribution in [3.63, 3.8) is 0 Å². The maximum atomic E-state index is 4.42. The largest absolute Gasteiger partial charge is 0.312 e. The van der Waals surface area contributed by atoms with Gasteiger partial charge in [0.1, 0.15) is 5.82 Å². The van der Waals surface area contributed by atoms with Crippen molar-refractivity contribution >= 4 is 0 Å². The molecule has 1 aliphatic rings. The number of rotatable bonds is 4. The number of aryl methyl sites for hydroxylation is 2. The molecule has 2 heterocycles. The fourth-order valence-corrected chi connectivity index (χ4v) is 2.87. The minimum absolute atomic E-state index is 0.335. The first kappa shape index (κ1) is 13.3. The summed E-state index contributed by atoms with van der Waals surface area (Å²) in [6.45, 7) is 6.44. The van der Waals surface area contributed by atoms with Gasteiger partial charge in [-0.1, -0.05) is 44.2 Å². The van der Waals surface area contributed by atoms with Crippen LogP contribution in [0.1, 0.15) is 37.1 Å². The predicted molar refractivity (Wildman–Crippen MR) is 79.5 cm³/mol. The van der Waals surface area contributed by atoms with Gasteiger partial charge in [0.15, 0.2) is 5.82 Å². The highest BCUT2D eigenvalue weighted by Gasteiger charge is 2.26. The Balaban J connectivity index is 1.75. The monoisotopic (exact) mass is 270 g/mol. The van der Waals surface area contributed by atoms with Crippen molar-refractivity contribution in [2.24, 2.45) is 5.92 Å². The first-order valence-corrected chi connectivity index (χ1v) is 7.45. The fraction of sp³-hybridized carbons (Fsp3) is 0.500. The number of hydrogen-bond donors (Lipinski definition) is 1. The maximum Gasteiger partial charge on any atom is 0.150 e. The lowest BCUT2D eigenvalue weighted by Gasteiger charge is -2.27. The topological polar surface area (TPSA) is 42.7 Å². The summed E-state index contributed by atoms with van der Waals surface area (Å²) in [6, 6.07) is 10.9. The molecule has 3 rings (SSSR count). The van der Waals surface area contributed by atoms with Crippen molar-refractivity contribution in [3.05, 3.63) is 47.5 Å². The smallest absolute Gasteiger partial charge is 0.150 e. The third-order valence-electron chi connectivity index (χ3n) is 3.98. The lowest BCUT2D eigenvalue weighted by atomic mass is 10.0. The molecule has 2 aromatic rings. The summed E-state index contributed by atoms with van der Waals surface area (Å²) in [5, 5.41) is 12.4. The van der Waals surface area contributed by atoms with Crippen LogP contribution in [-0.4, -0.2) is 21.3 Å². The Morgan fingerprint density at radius 1 is 1.20 bits per heavy atom. The van der Waals surface area contributed by atoms with Crippen LogP contribution in [0.15, 0.2) is 30.3 Å². The Kier molecular flexibility index (Phi) is 3.83. The maximum absolute atomic E-state index is 4.42. The molecule has 1 aromatic carbocycles. The Labute approximate surface area is 120 Å². The highest BCUT2D eigenvalue weighted by molar-refractivity contribution is 5.16. The van der Waals surface area contributed by atoms with Crippen LogP contribution >= 0.6 is 0 Å². The second kappa shape index (κ2) is 5.75. The van der Waals surface area contributed by atoms with Gasteiger partial charge in [0.25, 0.3) is 0 Å². The standard InChI is InChI=1S/C16H22N4/c1-12(2)15-16-19-18-14(20(16)11-10-17-15)9-8-13-6-4-3-5-7-13/h3-7,12,15,17H,8-11H2,1-2H3. The van der Waals surface area contributed by atoms with Crippen LogP contribution in [0.2, 0.25) is 0 Å². The van der Waals surface area contributed by atoms with Gasteiger partial charge in [-0.15, -0.1) is 10.2 Å². The van der Waals surface area contributed by atoms with Gasteiger partial charge in [0, 0.05) is 19.5 Å². The van der Waals surface area contributed by atoms with E-state index < -0.39 is 0 Å². The molecule has 106 valence electrons. The second-order valence-corrected chi connectivity index (χ2v) is 5.79. The van der Waals surface area contributed by atoms with E-state index in [1.165, 1.54) is 5.56 Å². The molecule has 0 bridgehead atoms. The van der Waals surface area contributed by atoms with Crippen LogP contribution in [0, 0.1) is 5.92 Å². The van der Waals surface area contributed by atoms with E-state index in [4.69, 9.17) is 0 Å². The Morgan fingerprint density at radius 2 is 2.00 bits per heavy atom. The lowest BCUT2D eigenvalue weighted by molar-refractivity contribution is 0.335. The summed E-state index contributed by atoms with van der Waals surface area (Å²) in [6.07, 6.45) is 1.99. The normalized spacial score (nSPS) is 18.2. The Morgan fingerprint density at radius 3 is 2.75 bits per heavy atom. The first-order chi connectivity index (χ1) is 9.75. The Hall–Kier alpha value is -1.68. The molecule has 1 atom stereocenters. The lowest BCUT2D eigenvalue weighted by Crippen LogP contribution is -2.37.